The zero-order chi connectivity index (χ0) is 14.4. The van der Waals surface area contributed by atoms with Crippen molar-refractivity contribution in [1.29, 1.82) is 0 Å². The van der Waals surface area contributed by atoms with Crippen LogP contribution in [0.5, 0.6) is 0 Å². The molecule has 0 radical (unpaired) electrons. The quantitative estimate of drug-likeness (QED) is 0.787. The zero-order valence-corrected chi connectivity index (χ0v) is 13.4. The first-order chi connectivity index (χ1) is 9.70. The molecule has 5 heteroatoms. The average molecular weight is 339 g/mol. The largest absolute Gasteiger partial charge is 0.441 e. The van der Waals surface area contributed by atoms with Gasteiger partial charge in [-0.2, -0.15) is 0 Å². The van der Waals surface area contributed by atoms with Crippen LogP contribution in [0.15, 0.2) is 33.3 Å². The van der Waals surface area contributed by atoms with E-state index in [9.17, 15) is 0 Å². The Balaban J connectivity index is 1.96. The van der Waals surface area contributed by atoms with Gasteiger partial charge in [0.05, 0.1) is 12.8 Å². The number of oxazole rings is 1. The van der Waals surface area contributed by atoms with Crippen molar-refractivity contribution in [2.45, 2.75) is 13.3 Å². The van der Waals surface area contributed by atoms with Crippen molar-refractivity contribution in [1.82, 2.24) is 10.3 Å². The van der Waals surface area contributed by atoms with Crippen LogP contribution < -0.4 is 5.32 Å². The minimum absolute atomic E-state index is 0.715. The van der Waals surface area contributed by atoms with Crippen molar-refractivity contribution in [3.8, 4) is 11.3 Å². The maximum Gasteiger partial charge on any atom is 0.196 e. The van der Waals surface area contributed by atoms with E-state index in [2.05, 4.69) is 45.3 Å². The normalized spacial score (nSPS) is 10.9. The fourth-order valence-corrected chi connectivity index (χ4v) is 2.31. The first kappa shape index (κ1) is 15.2. The lowest BCUT2D eigenvalue weighted by molar-refractivity contribution is 0.199. The van der Waals surface area contributed by atoms with E-state index in [0.29, 0.717) is 6.61 Å². The van der Waals surface area contributed by atoms with E-state index in [0.717, 1.165) is 41.2 Å². The van der Waals surface area contributed by atoms with Gasteiger partial charge in [0.1, 0.15) is 0 Å². The summed E-state index contributed by atoms with van der Waals surface area (Å²) in [5, 5.41) is 3.27. The second-order valence-electron chi connectivity index (χ2n) is 4.59. The van der Waals surface area contributed by atoms with Crippen molar-refractivity contribution in [2.75, 3.05) is 26.8 Å². The molecule has 0 spiro atoms. The Morgan fingerprint density at radius 1 is 1.35 bits per heavy atom. The molecule has 2 aromatic rings. The highest BCUT2D eigenvalue weighted by atomic mass is 79.9. The number of hydrogen-bond donors (Lipinski definition) is 1. The highest BCUT2D eigenvalue weighted by molar-refractivity contribution is 9.10. The molecule has 1 heterocycles. The van der Waals surface area contributed by atoms with Crippen LogP contribution in [-0.4, -0.2) is 31.8 Å². The standard InChI is InChI=1S/C15H19BrN2O2/c1-11-3-4-13(16)12(9-11)14-10-18-15(20-14)5-6-17-7-8-19-2/h3-4,9-10,17H,5-8H2,1-2H3. The molecule has 20 heavy (non-hydrogen) atoms. The summed E-state index contributed by atoms with van der Waals surface area (Å²) < 4.78 is 11.8. The molecular formula is C15H19BrN2O2. The number of methoxy groups -OCH3 is 1. The third kappa shape index (κ3) is 4.16. The summed E-state index contributed by atoms with van der Waals surface area (Å²) in [6, 6.07) is 6.18. The molecule has 108 valence electrons. The monoisotopic (exact) mass is 338 g/mol. The number of rotatable bonds is 7. The summed E-state index contributed by atoms with van der Waals surface area (Å²) in [5.74, 6) is 1.55. The average Bonchev–Trinajstić information content (AvgIpc) is 2.90. The summed E-state index contributed by atoms with van der Waals surface area (Å²) >= 11 is 3.54. The first-order valence-corrected chi connectivity index (χ1v) is 7.41. The van der Waals surface area contributed by atoms with Crippen LogP contribution in [-0.2, 0) is 11.2 Å². The predicted molar refractivity (Wildman–Crippen MR) is 82.8 cm³/mol. The summed E-state index contributed by atoms with van der Waals surface area (Å²) in [5.41, 5.74) is 2.23. The molecule has 0 bridgehead atoms. The SMILES string of the molecule is COCCNCCc1ncc(-c2cc(C)ccc2Br)o1. The summed E-state index contributed by atoms with van der Waals surface area (Å²) in [4.78, 5) is 4.32. The van der Waals surface area contributed by atoms with Crippen molar-refractivity contribution in [3.05, 3.63) is 40.3 Å². The molecule has 0 fully saturated rings. The number of nitrogens with zero attached hydrogens (tertiary/aromatic N) is 1. The van der Waals surface area contributed by atoms with Crippen molar-refractivity contribution >= 4 is 15.9 Å². The summed E-state index contributed by atoms with van der Waals surface area (Å²) in [7, 11) is 1.70. The van der Waals surface area contributed by atoms with Gasteiger partial charge in [0.15, 0.2) is 11.7 Å². The molecule has 0 unspecified atom stereocenters. The molecule has 0 saturated carbocycles. The van der Waals surface area contributed by atoms with Gasteiger partial charge in [-0.15, -0.1) is 0 Å². The van der Waals surface area contributed by atoms with Gasteiger partial charge in [-0.1, -0.05) is 27.6 Å². The fourth-order valence-electron chi connectivity index (χ4n) is 1.87. The number of aryl methyl sites for hydroxylation is 1. The maximum atomic E-state index is 5.80. The second-order valence-corrected chi connectivity index (χ2v) is 5.45. The van der Waals surface area contributed by atoms with Gasteiger partial charge in [0, 0.05) is 36.7 Å². The highest BCUT2D eigenvalue weighted by Gasteiger charge is 2.09. The molecule has 2 rings (SSSR count). The van der Waals surface area contributed by atoms with Gasteiger partial charge in [0.25, 0.3) is 0 Å². The number of hydrogen-bond acceptors (Lipinski definition) is 4. The molecule has 4 nitrogen and oxygen atoms in total. The Morgan fingerprint density at radius 3 is 3.00 bits per heavy atom. The molecule has 1 aromatic heterocycles. The van der Waals surface area contributed by atoms with Crippen molar-refractivity contribution in [2.24, 2.45) is 0 Å². The van der Waals surface area contributed by atoms with Gasteiger partial charge in [0.2, 0.25) is 0 Å². The van der Waals surface area contributed by atoms with E-state index in [-0.39, 0.29) is 0 Å². The van der Waals surface area contributed by atoms with Crippen LogP contribution in [0.25, 0.3) is 11.3 Å². The van der Waals surface area contributed by atoms with E-state index in [4.69, 9.17) is 9.15 Å². The van der Waals surface area contributed by atoms with Crippen molar-refractivity contribution < 1.29 is 9.15 Å². The zero-order valence-electron chi connectivity index (χ0n) is 11.8. The molecule has 0 saturated heterocycles. The number of benzene rings is 1. The summed E-state index contributed by atoms with van der Waals surface area (Å²) in [6.45, 7) is 4.45. The molecule has 0 atom stereocenters. The Kier molecular flexibility index (Phi) is 5.76. The maximum absolute atomic E-state index is 5.80. The lowest BCUT2D eigenvalue weighted by Gasteiger charge is -2.03. The summed E-state index contributed by atoms with van der Waals surface area (Å²) in [6.07, 6.45) is 2.55. The second kappa shape index (κ2) is 7.57. The molecule has 0 aliphatic carbocycles. The Labute approximate surface area is 127 Å². The Morgan fingerprint density at radius 2 is 2.20 bits per heavy atom. The fraction of sp³-hybridized carbons (Fsp3) is 0.400. The molecular weight excluding hydrogens is 320 g/mol. The van der Waals surface area contributed by atoms with E-state index in [1.807, 2.05) is 6.07 Å². The van der Waals surface area contributed by atoms with Crippen LogP contribution in [0.4, 0.5) is 0 Å². The first-order valence-electron chi connectivity index (χ1n) is 6.61. The number of nitrogens with one attached hydrogen (secondary N) is 1. The van der Waals surface area contributed by atoms with E-state index >= 15 is 0 Å². The van der Waals surface area contributed by atoms with Crippen LogP contribution in [0, 0.1) is 6.92 Å². The van der Waals surface area contributed by atoms with Gasteiger partial charge in [-0.25, -0.2) is 4.98 Å². The lowest BCUT2D eigenvalue weighted by Crippen LogP contribution is -2.21. The molecule has 0 aliphatic rings. The van der Waals surface area contributed by atoms with Gasteiger partial charge >= 0.3 is 0 Å². The molecule has 1 N–H and O–H groups in total. The van der Waals surface area contributed by atoms with Crippen LogP contribution in [0.2, 0.25) is 0 Å². The Bertz CT molecular complexity index is 555. The van der Waals surface area contributed by atoms with Crippen LogP contribution >= 0.6 is 15.9 Å². The van der Waals surface area contributed by atoms with Crippen LogP contribution in [0.1, 0.15) is 11.5 Å². The lowest BCUT2D eigenvalue weighted by atomic mass is 10.1. The van der Waals surface area contributed by atoms with Gasteiger partial charge in [-0.05, 0) is 19.1 Å². The molecule has 0 aliphatic heterocycles. The van der Waals surface area contributed by atoms with Crippen LogP contribution in [0.3, 0.4) is 0 Å². The smallest absolute Gasteiger partial charge is 0.196 e. The topological polar surface area (TPSA) is 47.3 Å². The number of halogens is 1. The minimum atomic E-state index is 0.715. The molecule has 0 amide bonds. The van der Waals surface area contributed by atoms with Gasteiger partial charge < -0.3 is 14.5 Å². The Hall–Kier alpha value is -1.17. The van der Waals surface area contributed by atoms with E-state index in [1.54, 1.807) is 13.3 Å². The number of ether oxygens (including phenoxy) is 1. The minimum Gasteiger partial charge on any atom is -0.441 e. The predicted octanol–water partition coefficient (Wildman–Crippen LogP) is 3.19. The third-order valence-electron chi connectivity index (χ3n) is 2.94. The number of aromatic nitrogens is 1. The van der Waals surface area contributed by atoms with E-state index in [1.165, 1.54) is 5.56 Å². The highest BCUT2D eigenvalue weighted by Crippen LogP contribution is 2.29. The van der Waals surface area contributed by atoms with Crippen molar-refractivity contribution in [3.63, 3.8) is 0 Å². The third-order valence-corrected chi connectivity index (χ3v) is 3.63. The van der Waals surface area contributed by atoms with E-state index < -0.39 is 0 Å². The van der Waals surface area contributed by atoms with Gasteiger partial charge in [-0.3, -0.25) is 0 Å². The molecule has 1 aromatic carbocycles.